The van der Waals surface area contributed by atoms with Gasteiger partial charge in [-0.15, -0.1) is 5.10 Å². The molecule has 2 fully saturated rings. The van der Waals surface area contributed by atoms with E-state index in [0.29, 0.717) is 6.04 Å². The molecule has 1 N–H and O–H groups in total. The van der Waals surface area contributed by atoms with Crippen LogP contribution < -0.4 is 14.4 Å². The molecule has 0 amide bonds. The summed E-state index contributed by atoms with van der Waals surface area (Å²) >= 11 is 0. The van der Waals surface area contributed by atoms with Crippen LogP contribution in [0.5, 0.6) is 11.5 Å². The molecule has 1 saturated heterocycles. The Morgan fingerprint density at radius 1 is 1.04 bits per heavy atom. The minimum Gasteiger partial charge on any atom is -0.493 e. The first-order chi connectivity index (χ1) is 13.7. The molecule has 0 spiro atoms. The summed E-state index contributed by atoms with van der Waals surface area (Å²) in [6.07, 6.45) is 7.35. The van der Waals surface area contributed by atoms with Crippen LogP contribution in [0.25, 0.3) is 0 Å². The first-order valence-corrected chi connectivity index (χ1v) is 10.6. The Hall–Kier alpha value is -2.15. The van der Waals surface area contributed by atoms with Gasteiger partial charge in [0.2, 0.25) is 5.82 Å². The standard InChI is InChI=1S/C21H31N5O2/c1-15-10-12-25(13-11-15)20(16-8-9-18(27-2)19(14-16)28-3)21-22-23-24-26(21)17-6-4-5-7-17/h8-9,14-15,17,20H,4-7,10-13H2,1-3H3/p+1/t20-/m1/s1. The molecule has 1 saturated carbocycles. The minimum absolute atomic E-state index is 0.114. The number of tetrazole rings is 1. The number of benzene rings is 1. The summed E-state index contributed by atoms with van der Waals surface area (Å²) in [6.45, 7) is 4.63. The largest absolute Gasteiger partial charge is 0.493 e. The zero-order valence-corrected chi connectivity index (χ0v) is 17.2. The first-order valence-electron chi connectivity index (χ1n) is 10.6. The molecule has 1 aliphatic heterocycles. The third kappa shape index (κ3) is 3.72. The summed E-state index contributed by atoms with van der Waals surface area (Å²) in [5.74, 6) is 3.29. The Labute approximate surface area is 167 Å². The van der Waals surface area contributed by atoms with Crippen LogP contribution in [0.1, 0.15) is 68.9 Å². The number of likely N-dealkylation sites (tertiary alicyclic amines) is 1. The second kappa shape index (κ2) is 8.47. The van der Waals surface area contributed by atoms with Gasteiger partial charge in [-0.3, -0.25) is 0 Å². The third-order valence-corrected chi connectivity index (χ3v) is 6.51. The molecule has 152 valence electrons. The maximum atomic E-state index is 5.59. The van der Waals surface area contributed by atoms with Crippen molar-refractivity contribution in [1.82, 2.24) is 20.2 Å². The Kier molecular flexibility index (Phi) is 5.80. The maximum absolute atomic E-state index is 5.59. The molecule has 1 aromatic heterocycles. The number of nitrogens with one attached hydrogen (secondary N) is 1. The SMILES string of the molecule is COc1ccc([C@H](c2nnnn2C2CCCC2)[NH+]2CCC(C)CC2)cc1OC. The second-order valence-corrected chi connectivity index (χ2v) is 8.31. The van der Waals surface area contributed by atoms with Crippen molar-refractivity contribution in [3.63, 3.8) is 0 Å². The van der Waals surface area contributed by atoms with Crippen LogP contribution in [0.4, 0.5) is 0 Å². The maximum Gasteiger partial charge on any atom is 0.214 e. The van der Waals surface area contributed by atoms with Crippen molar-refractivity contribution >= 4 is 0 Å². The quantitative estimate of drug-likeness (QED) is 0.825. The van der Waals surface area contributed by atoms with Gasteiger partial charge in [0.25, 0.3) is 0 Å². The predicted molar refractivity (Wildman–Crippen MR) is 106 cm³/mol. The van der Waals surface area contributed by atoms with E-state index in [2.05, 4.69) is 39.3 Å². The van der Waals surface area contributed by atoms with Crippen LogP contribution >= 0.6 is 0 Å². The van der Waals surface area contributed by atoms with E-state index in [4.69, 9.17) is 9.47 Å². The van der Waals surface area contributed by atoms with Crippen molar-refractivity contribution in [3.05, 3.63) is 29.6 Å². The highest BCUT2D eigenvalue weighted by Crippen LogP contribution is 2.34. The number of rotatable bonds is 6. The number of methoxy groups -OCH3 is 2. The second-order valence-electron chi connectivity index (χ2n) is 8.31. The van der Waals surface area contributed by atoms with Crippen LogP contribution in [0.2, 0.25) is 0 Å². The van der Waals surface area contributed by atoms with E-state index in [1.165, 1.54) is 44.1 Å². The van der Waals surface area contributed by atoms with Crippen molar-refractivity contribution in [2.24, 2.45) is 5.92 Å². The van der Waals surface area contributed by atoms with Gasteiger partial charge in [-0.2, -0.15) is 0 Å². The van der Waals surface area contributed by atoms with E-state index in [1.807, 2.05) is 6.07 Å². The van der Waals surface area contributed by atoms with Gasteiger partial charge in [0.05, 0.1) is 33.4 Å². The lowest BCUT2D eigenvalue weighted by Crippen LogP contribution is -3.13. The fourth-order valence-corrected chi connectivity index (χ4v) is 4.82. The van der Waals surface area contributed by atoms with Crippen LogP contribution in [0, 0.1) is 5.92 Å². The molecule has 2 aliphatic rings. The van der Waals surface area contributed by atoms with Gasteiger partial charge >= 0.3 is 0 Å². The first kappa shape index (κ1) is 19.2. The molecule has 0 unspecified atom stereocenters. The lowest BCUT2D eigenvalue weighted by molar-refractivity contribution is -0.932. The van der Waals surface area contributed by atoms with Gasteiger partial charge in [-0.1, -0.05) is 19.8 Å². The highest BCUT2D eigenvalue weighted by Gasteiger charge is 2.36. The average Bonchev–Trinajstić information content (AvgIpc) is 3.41. The Bertz CT molecular complexity index is 779. The van der Waals surface area contributed by atoms with Crippen molar-refractivity contribution in [2.45, 2.75) is 57.5 Å². The van der Waals surface area contributed by atoms with E-state index in [9.17, 15) is 0 Å². The number of nitrogens with zero attached hydrogens (tertiary/aromatic N) is 4. The van der Waals surface area contributed by atoms with Crippen LogP contribution in [-0.2, 0) is 0 Å². The predicted octanol–water partition coefficient (Wildman–Crippen LogP) is 2.21. The lowest BCUT2D eigenvalue weighted by Gasteiger charge is -2.33. The molecule has 0 bridgehead atoms. The molecule has 4 rings (SSSR count). The molecule has 7 heteroatoms. The van der Waals surface area contributed by atoms with E-state index >= 15 is 0 Å². The lowest BCUT2D eigenvalue weighted by atomic mass is 9.95. The Morgan fingerprint density at radius 2 is 1.75 bits per heavy atom. The zero-order valence-electron chi connectivity index (χ0n) is 17.2. The number of hydrogen-bond acceptors (Lipinski definition) is 5. The van der Waals surface area contributed by atoms with Crippen LogP contribution in [0.3, 0.4) is 0 Å². The molecular weight excluding hydrogens is 354 g/mol. The monoisotopic (exact) mass is 386 g/mol. The summed E-state index contributed by atoms with van der Waals surface area (Å²) in [6, 6.07) is 6.78. The average molecular weight is 387 g/mol. The van der Waals surface area contributed by atoms with Gasteiger partial charge in [0.15, 0.2) is 17.5 Å². The molecule has 7 nitrogen and oxygen atoms in total. The molecule has 28 heavy (non-hydrogen) atoms. The molecule has 1 atom stereocenters. The van der Waals surface area contributed by atoms with E-state index in [1.54, 1.807) is 19.1 Å². The van der Waals surface area contributed by atoms with Crippen molar-refractivity contribution in [2.75, 3.05) is 27.3 Å². The third-order valence-electron chi connectivity index (χ3n) is 6.51. The normalized spacial score (nSPS) is 24.2. The van der Waals surface area contributed by atoms with Crippen molar-refractivity contribution < 1.29 is 14.4 Å². The summed E-state index contributed by atoms with van der Waals surface area (Å²) in [5, 5.41) is 13.0. The van der Waals surface area contributed by atoms with Gasteiger partial charge in [0, 0.05) is 5.56 Å². The molecular formula is C21H32N5O2+. The molecule has 1 aliphatic carbocycles. The van der Waals surface area contributed by atoms with E-state index in [0.717, 1.165) is 36.3 Å². The summed E-state index contributed by atoms with van der Waals surface area (Å²) in [7, 11) is 3.36. The van der Waals surface area contributed by atoms with E-state index in [-0.39, 0.29) is 6.04 Å². The highest BCUT2D eigenvalue weighted by molar-refractivity contribution is 5.44. The van der Waals surface area contributed by atoms with Crippen LogP contribution in [0.15, 0.2) is 18.2 Å². The number of aromatic nitrogens is 4. The Balaban J connectivity index is 1.74. The van der Waals surface area contributed by atoms with Crippen molar-refractivity contribution in [1.29, 1.82) is 0 Å². The van der Waals surface area contributed by atoms with Crippen LogP contribution in [-0.4, -0.2) is 47.5 Å². The van der Waals surface area contributed by atoms with E-state index < -0.39 is 0 Å². The highest BCUT2D eigenvalue weighted by atomic mass is 16.5. The summed E-state index contributed by atoms with van der Waals surface area (Å²) in [5.41, 5.74) is 1.19. The number of hydrogen-bond donors (Lipinski definition) is 1. The molecule has 1 aromatic carbocycles. The minimum atomic E-state index is 0.114. The number of piperidine rings is 1. The van der Waals surface area contributed by atoms with Gasteiger partial charge < -0.3 is 14.4 Å². The fourth-order valence-electron chi connectivity index (χ4n) is 4.82. The molecule has 2 aromatic rings. The fraction of sp³-hybridized carbons (Fsp3) is 0.667. The number of ether oxygens (including phenoxy) is 2. The number of quaternary nitrogens is 1. The van der Waals surface area contributed by atoms with Gasteiger partial charge in [0.1, 0.15) is 0 Å². The smallest absolute Gasteiger partial charge is 0.214 e. The summed E-state index contributed by atoms with van der Waals surface area (Å²) < 4.78 is 13.1. The van der Waals surface area contributed by atoms with Gasteiger partial charge in [-0.25, -0.2) is 4.68 Å². The molecule has 2 heterocycles. The zero-order chi connectivity index (χ0) is 19.5. The van der Waals surface area contributed by atoms with Gasteiger partial charge in [-0.05, 0) is 60.2 Å². The summed E-state index contributed by atoms with van der Waals surface area (Å²) in [4.78, 5) is 1.54. The van der Waals surface area contributed by atoms with Crippen molar-refractivity contribution in [3.8, 4) is 11.5 Å². The molecule has 0 radical (unpaired) electrons. The topological polar surface area (TPSA) is 66.5 Å². The Morgan fingerprint density at radius 3 is 2.43 bits per heavy atom.